The fourth-order valence-corrected chi connectivity index (χ4v) is 5.51. The molecule has 203 valence electrons. The maximum absolute atomic E-state index is 12.9. The molecule has 3 aliphatic heterocycles. The number of likely N-dealkylation sites (N-methyl/N-ethyl adjacent to an activating group) is 1. The van der Waals surface area contributed by atoms with Crippen LogP contribution in [0.5, 0.6) is 0 Å². The minimum Gasteiger partial charge on any atom is -0.756 e. The van der Waals surface area contributed by atoms with Gasteiger partial charge in [-0.15, -0.1) is 0 Å². The van der Waals surface area contributed by atoms with Gasteiger partial charge < -0.3 is 43.0 Å². The molecule has 10 heteroatoms. The lowest BCUT2D eigenvalue weighted by Gasteiger charge is -2.32. The summed E-state index contributed by atoms with van der Waals surface area (Å²) in [5.74, 6) is 1.96. The summed E-state index contributed by atoms with van der Waals surface area (Å²) in [7, 11) is 1.97. The highest BCUT2D eigenvalue weighted by Crippen LogP contribution is 2.31. The summed E-state index contributed by atoms with van der Waals surface area (Å²) >= 11 is 2.35. The van der Waals surface area contributed by atoms with E-state index < -0.39 is 11.7 Å². The van der Waals surface area contributed by atoms with Crippen molar-refractivity contribution in [2.75, 3.05) is 25.5 Å². The first-order chi connectivity index (χ1) is 17.9. The molecule has 1 fully saturated rings. The van der Waals surface area contributed by atoms with Crippen LogP contribution in [0.2, 0.25) is 0 Å². The largest absolute Gasteiger partial charge is 0.756 e. The number of aliphatic imine (C=N–C) groups is 2. The molecule has 2 aromatic carbocycles. The van der Waals surface area contributed by atoms with Gasteiger partial charge in [0.2, 0.25) is 5.96 Å². The number of likely N-dealkylation sites (tertiary alicyclic amines) is 1. The first-order valence-electron chi connectivity index (χ1n) is 12.7. The van der Waals surface area contributed by atoms with Crippen LogP contribution in [0, 0.1) is 9.49 Å². The molecule has 38 heavy (non-hydrogen) atoms. The van der Waals surface area contributed by atoms with E-state index in [4.69, 9.17) is 4.99 Å². The normalized spacial score (nSPS) is 21.5. The van der Waals surface area contributed by atoms with E-state index in [0.717, 1.165) is 58.2 Å². The van der Waals surface area contributed by atoms with Gasteiger partial charge in [-0.1, -0.05) is 45.0 Å². The van der Waals surface area contributed by atoms with E-state index >= 15 is 0 Å². The van der Waals surface area contributed by atoms with Crippen molar-refractivity contribution in [1.29, 1.82) is 0 Å². The lowest BCUT2D eigenvalue weighted by molar-refractivity contribution is -0.326. The Labute approximate surface area is 235 Å². The van der Waals surface area contributed by atoms with Crippen LogP contribution in [-0.2, 0) is 18.0 Å². The lowest BCUT2D eigenvalue weighted by atomic mass is 9.87. The summed E-state index contributed by atoms with van der Waals surface area (Å²) in [6.07, 6.45) is -1.16. The van der Waals surface area contributed by atoms with E-state index in [1.54, 1.807) is 18.5 Å². The first-order valence-corrected chi connectivity index (χ1v) is 13.8. The number of benzene rings is 2. The molecule has 0 aromatic heterocycles. The second-order valence-electron chi connectivity index (χ2n) is 11.2. The van der Waals surface area contributed by atoms with Crippen LogP contribution in [0.25, 0.3) is 0 Å². The Kier molecular flexibility index (Phi) is 7.12. The van der Waals surface area contributed by atoms with E-state index in [2.05, 4.69) is 82.1 Å². The summed E-state index contributed by atoms with van der Waals surface area (Å²) in [6.45, 7) is 8.20. The van der Waals surface area contributed by atoms with Gasteiger partial charge in [0.15, 0.2) is 6.17 Å². The SMILES string of the molecule is CN1C=NC2N=C(N3CCC(Cc4ccc(C(F)(F)F)cc4)C3)NC(Nc3cc(C(C)(C)C)ccc3[I-])=C21. The van der Waals surface area contributed by atoms with Gasteiger partial charge in [-0.2, -0.15) is 16.7 Å². The number of halogens is 4. The highest BCUT2D eigenvalue weighted by molar-refractivity contribution is 5.85. The molecule has 2 atom stereocenters. The predicted molar refractivity (Wildman–Crippen MR) is 140 cm³/mol. The number of hydrogen-bond donors (Lipinski definition) is 2. The molecule has 5 rings (SSSR count). The highest BCUT2D eigenvalue weighted by atomic mass is 127. The number of anilines is 1. The van der Waals surface area contributed by atoms with Gasteiger partial charge in [-0.25, -0.2) is 9.98 Å². The fraction of sp³-hybridized carbons (Fsp3) is 0.429. The summed E-state index contributed by atoms with van der Waals surface area (Å²) in [6, 6.07) is 12.0. The third-order valence-electron chi connectivity index (χ3n) is 7.23. The number of alkyl halides is 3. The Balaban J connectivity index is 1.31. The van der Waals surface area contributed by atoms with Crippen molar-refractivity contribution in [2.45, 2.75) is 51.4 Å². The number of nitrogens with zero attached hydrogens (tertiary/aromatic N) is 4. The zero-order valence-electron chi connectivity index (χ0n) is 21.9. The Bertz CT molecular complexity index is 1290. The van der Waals surface area contributed by atoms with Crippen LogP contribution in [0.15, 0.2) is 64.0 Å². The van der Waals surface area contributed by atoms with Crippen molar-refractivity contribution in [3.05, 3.63) is 74.2 Å². The van der Waals surface area contributed by atoms with Crippen molar-refractivity contribution in [2.24, 2.45) is 15.9 Å². The van der Waals surface area contributed by atoms with E-state index in [1.165, 1.54) is 17.7 Å². The average Bonchev–Trinajstić information content (AvgIpc) is 3.46. The number of nitrogens with one attached hydrogen (secondary N) is 2. The molecule has 2 N–H and O–H groups in total. The molecule has 2 unspecified atom stereocenters. The topological polar surface area (TPSA) is 55.3 Å². The van der Waals surface area contributed by atoms with Crippen molar-refractivity contribution in [1.82, 2.24) is 15.1 Å². The van der Waals surface area contributed by atoms with E-state index in [1.807, 2.05) is 11.9 Å². The fourth-order valence-electron chi connectivity index (χ4n) is 5.03. The summed E-state index contributed by atoms with van der Waals surface area (Å²) in [4.78, 5) is 13.7. The van der Waals surface area contributed by atoms with Crippen molar-refractivity contribution in [3.8, 4) is 0 Å². The molecule has 2 aromatic rings. The molecule has 0 amide bonds. The second kappa shape index (κ2) is 10.1. The van der Waals surface area contributed by atoms with E-state index in [9.17, 15) is 13.2 Å². The van der Waals surface area contributed by atoms with Crippen molar-refractivity contribution in [3.63, 3.8) is 0 Å². The average molecular weight is 637 g/mol. The molecule has 6 nitrogen and oxygen atoms in total. The maximum atomic E-state index is 12.9. The zero-order chi connectivity index (χ0) is 27.2. The van der Waals surface area contributed by atoms with Crippen LogP contribution in [0.1, 0.15) is 43.9 Å². The molecule has 0 aliphatic carbocycles. The third kappa shape index (κ3) is 5.64. The highest BCUT2D eigenvalue weighted by Gasteiger charge is 2.35. The van der Waals surface area contributed by atoms with Crippen LogP contribution < -0.4 is 33.2 Å². The van der Waals surface area contributed by atoms with Crippen molar-refractivity contribution < 1.29 is 35.8 Å². The molecule has 3 aliphatic rings. The molecule has 1 saturated heterocycles. The molecular weight excluding hydrogens is 604 g/mol. The monoisotopic (exact) mass is 636 g/mol. The summed E-state index contributed by atoms with van der Waals surface area (Å²) < 4.78 is 39.9. The minimum absolute atomic E-state index is 0.0264. The Morgan fingerprint density at radius 2 is 1.79 bits per heavy atom. The second-order valence-corrected chi connectivity index (χ2v) is 12.3. The standard InChI is InChI=1S/C28H32F3IN6/c1-27(2,3)20-9-10-21(32)22(14-20)34-25-23-24(33-16-37(23)4)35-26(36-25)38-12-11-18(15-38)13-17-5-7-19(8-6-17)28(29,30)31/h5-10,14,16,18,24,34H,11-13,15H2,1-4H3,(H,35,36)/q-1. The van der Waals surface area contributed by atoms with Crippen molar-refractivity contribution >= 4 is 18.0 Å². The Morgan fingerprint density at radius 1 is 1.08 bits per heavy atom. The number of rotatable bonds is 4. The molecular formula is C28H32F3IN6-. The summed E-state index contributed by atoms with van der Waals surface area (Å²) in [5.41, 5.74) is 3.57. The molecule has 0 spiro atoms. The first kappa shape index (κ1) is 26.8. The van der Waals surface area contributed by atoms with Crippen LogP contribution in [-0.4, -0.2) is 48.4 Å². The van der Waals surface area contributed by atoms with E-state index in [0.29, 0.717) is 5.92 Å². The Hall–Kier alpha value is -2.76. The summed E-state index contributed by atoms with van der Waals surface area (Å²) in [5, 5.41) is 7.16. The van der Waals surface area contributed by atoms with Gasteiger partial charge in [-0.3, -0.25) is 0 Å². The molecule has 1 radical (unpaired) electrons. The Morgan fingerprint density at radius 3 is 2.47 bits per heavy atom. The maximum Gasteiger partial charge on any atom is 0.416 e. The van der Waals surface area contributed by atoms with Crippen LogP contribution in [0.4, 0.5) is 18.9 Å². The minimum atomic E-state index is -4.31. The van der Waals surface area contributed by atoms with Gasteiger partial charge in [0.25, 0.3) is 0 Å². The van der Waals surface area contributed by atoms with Gasteiger partial charge in [0, 0.05) is 25.8 Å². The number of guanidine groups is 1. The van der Waals surface area contributed by atoms with Crippen LogP contribution in [0.3, 0.4) is 0 Å². The molecule has 3 heterocycles. The third-order valence-corrected chi connectivity index (χ3v) is 8.17. The molecule has 0 bridgehead atoms. The van der Waals surface area contributed by atoms with Gasteiger partial charge in [-0.05, 0) is 53.5 Å². The quantitative estimate of drug-likeness (QED) is 0.506. The van der Waals surface area contributed by atoms with Crippen LogP contribution >= 0.6 is 0 Å². The van der Waals surface area contributed by atoms with E-state index in [-0.39, 0.29) is 11.6 Å². The smallest absolute Gasteiger partial charge is 0.416 e. The zero-order valence-corrected chi connectivity index (χ0v) is 24.1. The number of fused-ring (bicyclic) bond motifs is 1. The number of hydrogen-bond acceptors (Lipinski definition) is 6. The van der Waals surface area contributed by atoms with Gasteiger partial charge >= 0.3 is 6.18 Å². The van der Waals surface area contributed by atoms with Gasteiger partial charge in [0.1, 0.15) is 11.5 Å². The predicted octanol–water partition coefficient (Wildman–Crippen LogP) is 2.13. The van der Waals surface area contributed by atoms with Gasteiger partial charge in [0.05, 0.1) is 11.9 Å². The molecule has 0 saturated carbocycles. The lowest BCUT2D eigenvalue weighted by Crippen LogP contribution is -3.34.